The molecule has 7 heteroatoms. The second-order valence-corrected chi connectivity index (χ2v) is 6.32. The van der Waals surface area contributed by atoms with E-state index >= 15 is 0 Å². The first kappa shape index (κ1) is 17.3. The van der Waals surface area contributed by atoms with Gasteiger partial charge in [-0.15, -0.1) is 11.3 Å². The molecule has 0 atom stereocenters. The minimum absolute atomic E-state index is 0.0685. The maximum absolute atomic E-state index is 9.84. The van der Waals surface area contributed by atoms with Crippen LogP contribution in [0.4, 0.5) is 5.13 Å². The molecule has 25 heavy (non-hydrogen) atoms. The summed E-state index contributed by atoms with van der Waals surface area (Å²) >= 11 is 7.47. The lowest BCUT2D eigenvalue weighted by molar-refractivity contribution is 0.318. The number of phenols is 1. The molecule has 0 radical (unpaired) electrons. The number of ether oxygens (including phenoxy) is 1. The SMILES string of the molecule is CCOc1cc(C=NNc2nc(-c3ccccc3)cs2)cc(Cl)c1O. The Morgan fingerprint density at radius 1 is 1.32 bits per heavy atom. The van der Waals surface area contributed by atoms with Gasteiger partial charge in [-0.25, -0.2) is 4.98 Å². The first-order valence-corrected chi connectivity index (χ1v) is 8.88. The lowest BCUT2D eigenvalue weighted by Crippen LogP contribution is -1.95. The van der Waals surface area contributed by atoms with Crippen LogP contribution in [0.5, 0.6) is 11.5 Å². The van der Waals surface area contributed by atoms with E-state index in [0.29, 0.717) is 23.1 Å². The van der Waals surface area contributed by atoms with Gasteiger partial charge in [-0.05, 0) is 24.6 Å². The number of nitrogens with zero attached hydrogens (tertiary/aromatic N) is 2. The van der Waals surface area contributed by atoms with Gasteiger partial charge in [0.2, 0.25) is 5.13 Å². The average molecular weight is 374 g/mol. The van der Waals surface area contributed by atoms with Crippen molar-refractivity contribution in [1.29, 1.82) is 0 Å². The van der Waals surface area contributed by atoms with Crippen molar-refractivity contribution in [2.24, 2.45) is 5.10 Å². The van der Waals surface area contributed by atoms with Crippen LogP contribution in [0.15, 0.2) is 52.9 Å². The monoisotopic (exact) mass is 373 g/mol. The highest BCUT2D eigenvalue weighted by atomic mass is 35.5. The van der Waals surface area contributed by atoms with Gasteiger partial charge in [0.1, 0.15) is 0 Å². The molecule has 0 amide bonds. The van der Waals surface area contributed by atoms with Gasteiger partial charge in [0.15, 0.2) is 11.5 Å². The summed E-state index contributed by atoms with van der Waals surface area (Å²) in [4.78, 5) is 4.49. The van der Waals surface area contributed by atoms with Gasteiger partial charge in [0, 0.05) is 10.9 Å². The third kappa shape index (κ3) is 4.29. The predicted octanol–water partition coefficient (Wildman–Crippen LogP) is 5.01. The highest BCUT2D eigenvalue weighted by Gasteiger charge is 2.08. The van der Waals surface area contributed by atoms with Crippen LogP contribution >= 0.6 is 22.9 Å². The van der Waals surface area contributed by atoms with E-state index in [0.717, 1.165) is 11.3 Å². The minimum atomic E-state index is -0.0685. The number of phenolic OH excluding ortho intramolecular Hbond substituents is 1. The van der Waals surface area contributed by atoms with Gasteiger partial charge in [0.25, 0.3) is 0 Å². The van der Waals surface area contributed by atoms with Crippen molar-refractivity contribution in [2.75, 3.05) is 12.0 Å². The summed E-state index contributed by atoms with van der Waals surface area (Å²) in [5.41, 5.74) is 5.56. The van der Waals surface area contributed by atoms with Crippen molar-refractivity contribution in [2.45, 2.75) is 6.92 Å². The Hall–Kier alpha value is -2.57. The van der Waals surface area contributed by atoms with E-state index in [1.165, 1.54) is 11.3 Å². The van der Waals surface area contributed by atoms with Crippen LogP contribution in [0.2, 0.25) is 5.02 Å². The molecule has 0 spiro atoms. The summed E-state index contributed by atoms with van der Waals surface area (Å²) in [5, 5.41) is 16.9. The van der Waals surface area contributed by atoms with Crippen LogP contribution < -0.4 is 10.2 Å². The molecule has 0 bridgehead atoms. The number of halogens is 1. The van der Waals surface area contributed by atoms with Gasteiger partial charge in [-0.2, -0.15) is 5.10 Å². The number of thiazole rings is 1. The van der Waals surface area contributed by atoms with Crippen molar-refractivity contribution >= 4 is 34.3 Å². The Labute approximate surface area is 154 Å². The summed E-state index contributed by atoms with van der Waals surface area (Å²) < 4.78 is 5.35. The van der Waals surface area contributed by atoms with Gasteiger partial charge in [0.05, 0.1) is 23.5 Å². The Balaban J connectivity index is 1.71. The van der Waals surface area contributed by atoms with Crippen LogP contribution in [0.3, 0.4) is 0 Å². The van der Waals surface area contributed by atoms with Crippen LogP contribution in [0.25, 0.3) is 11.3 Å². The van der Waals surface area contributed by atoms with Gasteiger partial charge >= 0.3 is 0 Å². The summed E-state index contributed by atoms with van der Waals surface area (Å²) in [6, 6.07) is 13.2. The molecule has 3 rings (SSSR count). The standard InChI is InChI=1S/C18H16ClN3O2S/c1-2-24-16-9-12(8-14(19)17(16)23)10-20-22-18-21-15(11-25-18)13-6-4-3-5-7-13/h3-11,23H,2H2,1H3,(H,21,22). The summed E-state index contributed by atoms with van der Waals surface area (Å²) in [7, 11) is 0. The average Bonchev–Trinajstić information content (AvgIpc) is 3.09. The molecule has 0 aliphatic carbocycles. The molecular formula is C18H16ClN3O2S. The van der Waals surface area contributed by atoms with Crippen molar-refractivity contribution in [3.05, 3.63) is 58.4 Å². The molecule has 0 unspecified atom stereocenters. The molecule has 0 aliphatic rings. The largest absolute Gasteiger partial charge is 0.503 e. The molecule has 0 saturated heterocycles. The van der Waals surface area contributed by atoms with Crippen molar-refractivity contribution in [3.8, 4) is 22.8 Å². The molecule has 1 aromatic heterocycles. The number of aromatic nitrogens is 1. The van der Waals surface area contributed by atoms with Crippen LogP contribution in [-0.4, -0.2) is 22.9 Å². The number of anilines is 1. The number of benzene rings is 2. The fourth-order valence-corrected chi connectivity index (χ4v) is 3.05. The Kier molecular flexibility index (Phi) is 5.53. The summed E-state index contributed by atoms with van der Waals surface area (Å²) in [5.74, 6) is 0.262. The predicted molar refractivity (Wildman–Crippen MR) is 103 cm³/mol. The zero-order valence-electron chi connectivity index (χ0n) is 13.4. The molecule has 2 aromatic carbocycles. The maximum atomic E-state index is 9.84. The molecule has 3 aromatic rings. The third-order valence-electron chi connectivity index (χ3n) is 3.30. The maximum Gasteiger partial charge on any atom is 0.203 e. The Bertz CT molecular complexity index is 881. The Morgan fingerprint density at radius 2 is 2.12 bits per heavy atom. The normalized spacial score (nSPS) is 11.0. The Morgan fingerprint density at radius 3 is 2.88 bits per heavy atom. The fourth-order valence-electron chi connectivity index (χ4n) is 2.16. The second kappa shape index (κ2) is 8.00. The van der Waals surface area contributed by atoms with Crippen molar-refractivity contribution in [1.82, 2.24) is 4.98 Å². The first-order valence-electron chi connectivity index (χ1n) is 7.62. The summed E-state index contributed by atoms with van der Waals surface area (Å²) in [6.45, 7) is 2.27. The van der Waals surface area contributed by atoms with E-state index in [1.807, 2.05) is 42.6 Å². The second-order valence-electron chi connectivity index (χ2n) is 5.06. The number of nitrogens with one attached hydrogen (secondary N) is 1. The zero-order valence-corrected chi connectivity index (χ0v) is 15.0. The van der Waals surface area contributed by atoms with Gasteiger partial charge in [-0.3, -0.25) is 5.43 Å². The molecule has 1 heterocycles. The van der Waals surface area contributed by atoms with Gasteiger partial charge < -0.3 is 9.84 Å². The lowest BCUT2D eigenvalue weighted by atomic mass is 10.2. The highest BCUT2D eigenvalue weighted by molar-refractivity contribution is 7.14. The number of hydrogen-bond acceptors (Lipinski definition) is 6. The highest BCUT2D eigenvalue weighted by Crippen LogP contribution is 2.34. The van der Waals surface area contributed by atoms with Crippen molar-refractivity contribution in [3.63, 3.8) is 0 Å². The minimum Gasteiger partial charge on any atom is -0.503 e. The number of rotatable bonds is 6. The topological polar surface area (TPSA) is 66.7 Å². The smallest absolute Gasteiger partial charge is 0.203 e. The molecule has 0 saturated carbocycles. The molecule has 5 nitrogen and oxygen atoms in total. The van der Waals surface area contributed by atoms with E-state index in [4.69, 9.17) is 16.3 Å². The van der Waals surface area contributed by atoms with Gasteiger partial charge in [-0.1, -0.05) is 41.9 Å². The van der Waals surface area contributed by atoms with E-state index in [-0.39, 0.29) is 10.8 Å². The van der Waals surface area contributed by atoms with Crippen LogP contribution in [0.1, 0.15) is 12.5 Å². The quantitative estimate of drug-likeness (QED) is 0.470. The van der Waals surface area contributed by atoms with Crippen molar-refractivity contribution < 1.29 is 9.84 Å². The number of hydrazone groups is 1. The van der Waals surface area contributed by atoms with Crippen LogP contribution in [0, 0.1) is 0 Å². The molecule has 128 valence electrons. The number of aromatic hydroxyl groups is 1. The van der Waals surface area contributed by atoms with E-state index in [1.54, 1.807) is 18.3 Å². The zero-order chi connectivity index (χ0) is 17.6. The molecular weight excluding hydrogens is 358 g/mol. The summed E-state index contributed by atoms with van der Waals surface area (Å²) in [6.07, 6.45) is 1.59. The fraction of sp³-hybridized carbons (Fsp3) is 0.111. The lowest BCUT2D eigenvalue weighted by Gasteiger charge is -2.08. The van der Waals surface area contributed by atoms with E-state index in [2.05, 4.69) is 15.5 Å². The van der Waals surface area contributed by atoms with E-state index in [9.17, 15) is 5.11 Å². The molecule has 0 fully saturated rings. The molecule has 2 N–H and O–H groups in total. The number of hydrogen-bond donors (Lipinski definition) is 2. The molecule has 0 aliphatic heterocycles. The third-order valence-corrected chi connectivity index (χ3v) is 4.33. The van der Waals surface area contributed by atoms with E-state index < -0.39 is 0 Å². The van der Waals surface area contributed by atoms with Crippen LogP contribution in [-0.2, 0) is 0 Å². The first-order chi connectivity index (χ1) is 12.2.